The van der Waals surface area contributed by atoms with Crippen molar-refractivity contribution >= 4 is 22.8 Å². The Morgan fingerprint density at radius 3 is 2.58 bits per heavy atom. The van der Waals surface area contributed by atoms with Crippen molar-refractivity contribution < 1.29 is 9.59 Å². The molecule has 0 aromatic heterocycles. The molecule has 2 N–H and O–H groups in total. The highest BCUT2D eigenvalue weighted by Crippen LogP contribution is 2.23. The Balaban J connectivity index is 2.21. The summed E-state index contributed by atoms with van der Waals surface area (Å²) in [5.41, 5.74) is 1.53. The van der Waals surface area contributed by atoms with Gasteiger partial charge in [0.2, 0.25) is 5.12 Å². The van der Waals surface area contributed by atoms with E-state index in [-0.39, 0.29) is 11.0 Å². The van der Waals surface area contributed by atoms with Gasteiger partial charge in [0.15, 0.2) is 0 Å². The highest BCUT2D eigenvalue weighted by molar-refractivity contribution is 8.13. The van der Waals surface area contributed by atoms with Gasteiger partial charge in [0.05, 0.1) is 5.57 Å². The van der Waals surface area contributed by atoms with E-state index in [0.717, 1.165) is 11.3 Å². The minimum Gasteiger partial charge on any atom is -0.357 e. The van der Waals surface area contributed by atoms with Gasteiger partial charge in [0.1, 0.15) is 11.9 Å². The van der Waals surface area contributed by atoms with Crippen molar-refractivity contribution in [1.82, 2.24) is 10.6 Å². The lowest BCUT2D eigenvalue weighted by Crippen LogP contribution is -2.45. The molecule has 1 aliphatic heterocycles. The van der Waals surface area contributed by atoms with E-state index in [4.69, 9.17) is 0 Å². The number of hydrogen-bond donors (Lipinski definition) is 2. The molecule has 0 spiro atoms. The van der Waals surface area contributed by atoms with E-state index in [0.29, 0.717) is 11.4 Å². The van der Waals surface area contributed by atoms with Crippen LogP contribution < -0.4 is 10.6 Å². The monoisotopic (exact) mass is 276 g/mol. The van der Waals surface area contributed by atoms with Crippen LogP contribution in [-0.2, 0) is 9.59 Å². The largest absolute Gasteiger partial charge is 0.357 e. The van der Waals surface area contributed by atoms with Gasteiger partial charge < -0.3 is 10.6 Å². The predicted octanol–water partition coefficient (Wildman–Crippen LogP) is 1.96. The van der Waals surface area contributed by atoms with E-state index in [9.17, 15) is 9.59 Å². The van der Waals surface area contributed by atoms with Crippen molar-refractivity contribution in [2.24, 2.45) is 0 Å². The van der Waals surface area contributed by atoms with Gasteiger partial charge in [0, 0.05) is 0 Å². The molecule has 2 rings (SSSR count). The molecule has 0 aliphatic carbocycles. The predicted molar refractivity (Wildman–Crippen MR) is 76.3 cm³/mol. The second-order valence-electron chi connectivity index (χ2n) is 4.19. The fourth-order valence-electron chi connectivity index (χ4n) is 1.79. The number of nitrogens with one attached hydrogen (secondary N) is 2. The molecule has 5 heteroatoms. The van der Waals surface area contributed by atoms with E-state index in [1.165, 1.54) is 11.8 Å². The van der Waals surface area contributed by atoms with Crippen LogP contribution in [0.3, 0.4) is 0 Å². The Kier molecular flexibility index (Phi) is 4.27. The number of amides is 1. The van der Waals surface area contributed by atoms with Crippen molar-refractivity contribution in [3.8, 4) is 0 Å². The molecule has 0 saturated heterocycles. The summed E-state index contributed by atoms with van der Waals surface area (Å²) in [7, 11) is 0. The van der Waals surface area contributed by atoms with Gasteiger partial charge in [-0.2, -0.15) is 0 Å². The minimum absolute atomic E-state index is 0.0511. The van der Waals surface area contributed by atoms with Crippen molar-refractivity contribution in [1.29, 1.82) is 0 Å². The first kappa shape index (κ1) is 13.7. The van der Waals surface area contributed by atoms with Crippen molar-refractivity contribution in [2.75, 3.05) is 5.75 Å². The van der Waals surface area contributed by atoms with E-state index in [1.54, 1.807) is 6.92 Å². The quantitative estimate of drug-likeness (QED) is 0.863. The highest BCUT2D eigenvalue weighted by Gasteiger charge is 2.28. The molecule has 100 valence electrons. The molecule has 1 aromatic rings. The molecule has 1 aliphatic rings. The van der Waals surface area contributed by atoms with Gasteiger partial charge in [-0.15, -0.1) is 0 Å². The Morgan fingerprint density at radius 1 is 1.37 bits per heavy atom. The van der Waals surface area contributed by atoms with Crippen LogP contribution in [0, 0.1) is 0 Å². The third-order valence-electron chi connectivity index (χ3n) is 2.90. The maximum Gasteiger partial charge on any atom is 0.256 e. The van der Waals surface area contributed by atoms with Gasteiger partial charge in [-0.25, -0.2) is 0 Å². The summed E-state index contributed by atoms with van der Waals surface area (Å²) in [5, 5.41) is 5.82. The number of hydrogen-bond acceptors (Lipinski definition) is 4. The number of carbonyl (C=O) groups is 2. The first-order chi connectivity index (χ1) is 9.13. The fraction of sp³-hybridized carbons (Fsp3) is 0.286. The lowest BCUT2D eigenvalue weighted by molar-refractivity contribution is -0.119. The van der Waals surface area contributed by atoms with Crippen LogP contribution in [0.25, 0.3) is 0 Å². The molecule has 0 radical (unpaired) electrons. The highest BCUT2D eigenvalue weighted by atomic mass is 32.2. The number of thioether (sulfide) groups is 1. The maximum atomic E-state index is 12.2. The summed E-state index contributed by atoms with van der Waals surface area (Å²) in [6.07, 6.45) is 0. The zero-order valence-corrected chi connectivity index (χ0v) is 11.7. The zero-order valence-electron chi connectivity index (χ0n) is 10.9. The van der Waals surface area contributed by atoms with Crippen LogP contribution in [0.2, 0.25) is 0 Å². The molecule has 1 heterocycles. The summed E-state index contributed by atoms with van der Waals surface area (Å²) in [6.45, 7) is 3.68. The number of carbonyl (C=O) groups excluding carboxylic acids is 2. The summed E-state index contributed by atoms with van der Waals surface area (Å²) < 4.78 is 0. The van der Waals surface area contributed by atoms with Crippen LogP contribution >= 0.6 is 11.8 Å². The van der Waals surface area contributed by atoms with Crippen molar-refractivity contribution in [3.63, 3.8) is 0 Å². The Labute approximate surface area is 116 Å². The normalized spacial score (nSPS) is 15.6. The molecule has 19 heavy (non-hydrogen) atoms. The van der Waals surface area contributed by atoms with Crippen LogP contribution in [0.1, 0.15) is 25.5 Å². The Hall–Kier alpha value is -1.75. The van der Waals surface area contributed by atoms with E-state index < -0.39 is 6.04 Å². The van der Waals surface area contributed by atoms with Gasteiger partial charge in [-0.3, -0.25) is 9.59 Å². The Morgan fingerprint density at radius 2 is 2.05 bits per heavy atom. The number of rotatable bonds is 5. The molecule has 1 atom stereocenters. The van der Waals surface area contributed by atoms with Crippen LogP contribution in [0.5, 0.6) is 0 Å². The van der Waals surface area contributed by atoms with E-state index >= 15 is 0 Å². The summed E-state index contributed by atoms with van der Waals surface area (Å²) in [5.74, 6) is 1.28. The zero-order chi connectivity index (χ0) is 13.8. The molecular weight excluding hydrogens is 260 g/mol. The second kappa shape index (κ2) is 5.93. The van der Waals surface area contributed by atoms with Gasteiger partial charge in [0.25, 0.3) is 5.91 Å². The maximum absolute atomic E-state index is 12.2. The third kappa shape index (κ3) is 2.98. The van der Waals surface area contributed by atoms with Crippen LogP contribution in [0.4, 0.5) is 0 Å². The molecular formula is C14H16N2O2S. The first-order valence-corrected chi connectivity index (χ1v) is 7.12. The van der Waals surface area contributed by atoms with Crippen molar-refractivity contribution in [3.05, 3.63) is 47.3 Å². The summed E-state index contributed by atoms with van der Waals surface area (Å²) in [4.78, 5) is 23.3. The standard InChI is InChI=1S/C14H16N2O2S/c1-3-19-14(18)11(10-7-5-4-6-8-10)15-12-9(2)13(17)16-12/h4-8,11H,3H2,1-2H3,(H2,15,16,17)/t11-/m0/s1. The molecule has 1 amide bonds. The van der Waals surface area contributed by atoms with Crippen LogP contribution in [-0.4, -0.2) is 16.8 Å². The minimum atomic E-state index is -0.434. The smallest absolute Gasteiger partial charge is 0.256 e. The molecule has 0 unspecified atom stereocenters. The molecule has 0 fully saturated rings. The van der Waals surface area contributed by atoms with Crippen LogP contribution in [0.15, 0.2) is 41.7 Å². The molecule has 0 saturated carbocycles. The summed E-state index contributed by atoms with van der Waals surface area (Å²) in [6, 6.07) is 9.08. The second-order valence-corrected chi connectivity index (χ2v) is 5.46. The van der Waals surface area contributed by atoms with Gasteiger partial charge in [-0.1, -0.05) is 49.0 Å². The lowest BCUT2D eigenvalue weighted by Gasteiger charge is -2.27. The molecule has 4 nitrogen and oxygen atoms in total. The SMILES string of the molecule is CCSC(=O)[C@@H](NC1=C(C)C(=O)N1)c1ccccc1. The van der Waals surface area contributed by atoms with E-state index in [1.807, 2.05) is 37.3 Å². The molecule has 0 bridgehead atoms. The van der Waals surface area contributed by atoms with Gasteiger partial charge in [-0.05, 0) is 18.2 Å². The topological polar surface area (TPSA) is 58.2 Å². The summed E-state index contributed by atoms with van der Waals surface area (Å²) >= 11 is 1.28. The van der Waals surface area contributed by atoms with Crippen molar-refractivity contribution in [2.45, 2.75) is 19.9 Å². The average molecular weight is 276 g/mol. The third-order valence-corrected chi connectivity index (χ3v) is 3.71. The average Bonchev–Trinajstić information content (AvgIpc) is 2.44. The lowest BCUT2D eigenvalue weighted by atomic mass is 10.1. The Bertz CT molecular complexity index is 526. The number of benzene rings is 1. The molecule has 1 aromatic carbocycles. The first-order valence-electron chi connectivity index (χ1n) is 6.13. The fourth-order valence-corrected chi connectivity index (χ4v) is 2.44. The van der Waals surface area contributed by atoms with E-state index in [2.05, 4.69) is 10.6 Å². The van der Waals surface area contributed by atoms with Gasteiger partial charge >= 0.3 is 0 Å².